The van der Waals surface area contributed by atoms with E-state index in [-0.39, 0.29) is 22.3 Å². The Morgan fingerprint density at radius 3 is 1.98 bits per heavy atom. The summed E-state index contributed by atoms with van der Waals surface area (Å²) in [6.45, 7) is 14.8. The Labute approximate surface area is 390 Å². The van der Waals surface area contributed by atoms with Crippen LogP contribution in [0.5, 0.6) is 0 Å². The van der Waals surface area contributed by atoms with Crippen LogP contribution in [0.15, 0.2) is 148 Å². The summed E-state index contributed by atoms with van der Waals surface area (Å²) in [5.41, 5.74) is 10.1. The summed E-state index contributed by atoms with van der Waals surface area (Å²) in [6, 6.07) is 34.5. The number of rotatable bonds is 15. The number of aryl methyl sites for hydroxylation is 1. The van der Waals surface area contributed by atoms with Crippen LogP contribution in [-0.4, -0.2) is 60.8 Å². The molecule has 3 aliphatic rings. The topological polar surface area (TPSA) is 115 Å². The third kappa shape index (κ3) is 10.0. The maximum atomic E-state index is 11.7. The number of allylic oxidation sites excluding steroid dienone is 7. The second-order valence-electron chi connectivity index (χ2n) is 19.1. The van der Waals surface area contributed by atoms with Gasteiger partial charge < -0.3 is 4.90 Å². The van der Waals surface area contributed by atoms with Crippen LogP contribution in [0.4, 0.5) is 11.4 Å². The van der Waals surface area contributed by atoms with E-state index in [0.29, 0.717) is 44.7 Å². The van der Waals surface area contributed by atoms with Gasteiger partial charge in [0.25, 0.3) is 20.2 Å². The van der Waals surface area contributed by atoms with E-state index in [2.05, 4.69) is 172 Å². The molecular weight excluding hydrogens is 869 g/mol. The van der Waals surface area contributed by atoms with E-state index in [9.17, 15) is 25.9 Å². The second-order valence-corrected chi connectivity index (χ2v) is 23.4. The van der Waals surface area contributed by atoms with Gasteiger partial charge in [-0.25, -0.2) is 0 Å². The molecule has 2 aliphatic heterocycles. The van der Waals surface area contributed by atoms with Crippen molar-refractivity contribution in [1.82, 2.24) is 0 Å². The van der Waals surface area contributed by atoms with Gasteiger partial charge in [-0.1, -0.05) is 117 Å². The lowest BCUT2D eigenvalue weighted by Crippen LogP contribution is -2.28. The first-order chi connectivity index (χ1) is 30.8. The molecule has 0 amide bonds. The van der Waals surface area contributed by atoms with E-state index < -0.39 is 20.2 Å². The van der Waals surface area contributed by atoms with Gasteiger partial charge in [0, 0.05) is 57.3 Å². The lowest BCUT2D eigenvalue weighted by atomic mass is 9.78. The van der Waals surface area contributed by atoms with Crippen molar-refractivity contribution in [2.45, 2.75) is 95.8 Å². The van der Waals surface area contributed by atoms with Crippen molar-refractivity contribution < 1.29 is 30.5 Å². The minimum Gasteiger partial charge on any atom is -0.344 e. The molecule has 0 saturated heterocycles. The Bertz CT molecular complexity index is 3050. The first-order valence-corrected chi connectivity index (χ1v) is 26.8. The molecule has 8 rings (SSSR count). The highest BCUT2D eigenvalue weighted by Gasteiger charge is 2.46. The van der Waals surface area contributed by atoms with Gasteiger partial charge in [0.2, 0.25) is 5.69 Å². The summed E-state index contributed by atoms with van der Waals surface area (Å²) in [6.07, 6.45) is 13.0. The fourth-order valence-electron chi connectivity index (χ4n) is 10.4. The standard InChI is InChI=1S/C54H60N2O6S3/c1-37-19-25-43(26-20-37)63-52-41(23-29-48-53(3,4)50-44-17-9-7-15-39(44)21-27-46(50)55(48)31-11-13-33-64(57,58)59)35-38(2)36-42(52)24-30-49-54(5,6)51-45-18-10-8-16-40(45)22-28-47(51)56(49)32-12-14-34-65(60,61)62/h7-10,15-30,38H,11-14,31-36H2,1-6H3,(H-,57,58,59,60,61,62)/p+1. The molecule has 11 heteroatoms. The van der Waals surface area contributed by atoms with Gasteiger partial charge in [0.1, 0.15) is 6.54 Å². The van der Waals surface area contributed by atoms with Crippen LogP contribution in [0.25, 0.3) is 21.5 Å². The van der Waals surface area contributed by atoms with Gasteiger partial charge in [0.05, 0.1) is 16.9 Å². The quantitative estimate of drug-likeness (QED) is 0.0606. The number of hydrogen-bond donors (Lipinski definition) is 2. The molecule has 0 saturated carbocycles. The van der Waals surface area contributed by atoms with Crippen LogP contribution in [-0.2, 0) is 31.1 Å². The summed E-state index contributed by atoms with van der Waals surface area (Å²) in [4.78, 5) is 4.76. The normalized spacial score (nSPS) is 19.7. The smallest absolute Gasteiger partial charge is 0.264 e. The van der Waals surface area contributed by atoms with Crippen molar-refractivity contribution in [2.24, 2.45) is 5.92 Å². The molecule has 0 fully saturated rings. The number of hydrogen-bond acceptors (Lipinski definition) is 6. The van der Waals surface area contributed by atoms with E-state index >= 15 is 0 Å². The molecule has 0 aromatic heterocycles. The molecular formula is C54H61N2O6S3+. The van der Waals surface area contributed by atoms with Crippen molar-refractivity contribution >= 4 is 70.6 Å². The van der Waals surface area contributed by atoms with E-state index in [1.165, 1.54) is 59.2 Å². The summed E-state index contributed by atoms with van der Waals surface area (Å²) < 4.78 is 68.1. The molecule has 1 aliphatic carbocycles. The van der Waals surface area contributed by atoms with Crippen LogP contribution in [0.3, 0.4) is 0 Å². The molecule has 5 aromatic rings. The third-order valence-corrected chi connectivity index (χ3v) is 16.3. The summed E-state index contributed by atoms with van der Waals surface area (Å²) in [5.74, 6) is -0.155. The van der Waals surface area contributed by atoms with Gasteiger partial charge >= 0.3 is 0 Å². The fraction of sp³-hybridized carbons (Fsp3) is 0.352. The van der Waals surface area contributed by atoms with Crippen LogP contribution in [0.1, 0.15) is 89.8 Å². The van der Waals surface area contributed by atoms with E-state index in [1.807, 2.05) is 11.8 Å². The second kappa shape index (κ2) is 18.5. The Balaban J connectivity index is 1.24. The van der Waals surface area contributed by atoms with Crippen LogP contribution >= 0.6 is 11.8 Å². The SMILES string of the molecule is Cc1ccc(SC2=C(/C=C/C3=[N+](CCCCS(=O)(=O)O)c4ccc5ccccc5c4C3(C)C)CC(C)C/C2=C\C=C2\N(CCCCS(=O)(=O)O)c3ccc4ccccc4c3C2(C)C)cc1. The zero-order chi connectivity index (χ0) is 46.3. The average molecular weight is 930 g/mol. The first-order valence-electron chi connectivity index (χ1n) is 22.8. The van der Waals surface area contributed by atoms with Gasteiger partial charge in [0.15, 0.2) is 5.71 Å². The molecule has 5 aromatic carbocycles. The van der Waals surface area contributed by atoms with Crippen molar-refractivity contribution in [3.8, 4) is 0 Å². The third-order valence-electron chi connectivity index (χ3n) is 13.4. The Hall–Kier alpha value is -4.78. The van der Waals surface area contributed by atoms with Crippen LogP contribution in [0.2, 0.25) is 0 Å². The fourth-order valence-corrected chi connectivity index (χ4v) is 12.6. The Morgan fingerprint density at radius 1 is 0.708 bits per heavy atom. The molecule has 65 heavy (non-hydrogen) atoms. The van der Waals surface area contributed by atoms with Gasteiger partial charge in [-0.2, -0.15) is 21.4 Å². The van der Waals surface area contributed by atoms with Gasteiger partial charge in [-0.3, -0.25) is 9.11 Å². The van der Waals surface area contributed by atoms with Crippen molar-refractivity contribution in [3.63, 3.8) is 0 Å². The van der Waals surface area contributed by atoms with E-state index in [0.717, 1.165) is 35.6 Å². The molecule has 2 N–H and O–H groups in total. The van der Waals surface area contributed by atoms with E-state index in [1.54, 1.807) is 0 Å². The molecule has 2 heterocycles. The lowest BCUT2D eigenvalue weighted by molar-refractivity contribution is -0.438. The van der Waals surface area contributed by atoms with E-state index in [4.69, 9.17) is 0 Å². The molecule has 1 unspecified atom stereocenters. The number of thioether (sulfide) groups is 1. The van der Waals surface area contributed by atoms with Crippen molar-refractivity contribution in [3.05, 3.63) is 160 Å². The highest BCUT2D eigenvalue weighted by Crippen LogP contribution is 2.52. The maximum Gasteiger partial charge on any atom is 0.264 e. The van der Waals surface area contributed by atoms with Crippen LogP contribution < -0.4 is 4.90 Å². The minimum absolute atomic E-state index is 0.263. The minimum atomic E-state index is -4.06. The monoisotopic (exact) mass is 929 g/mol. The highest BCUT2D eigenvalue weighted by atomic mass is 32.2. The van der Waals surface area contributed by atoms with Crippen molar-refractivity contribution in [1.29, 1.82) is 0 Å². The lowest BCUT2D eigenvalue weighted by Gasteiger charge is -2.28. The number of nitrogens with zero attached hydrogens (tertiary/aromatic N) is 2. The van der Waals surface area contributed by atoms with Crippen LogP contribution in [0, 0.1) is 12.8 Å². The molecule has 0 radical (unpaired) electrons. The summed E-state index contributed by atoms with van der Waals surface area (Å²) in [5, 5.41) is 4.77. The number of unbranched alkanes of at least 4 members (excludes halogenated alkanes) is 2. The molecule has 1 atom stereocenters. The Morgan fingerprint density at radius 2 is 1.32 bits per heavy atom. The maximum absolute atomic E-state index is 11.7. The Kier molecular flexibility index (Phi) is 13.3. The zero-order valence-electron chi connectivity index (χ0n) is 38.3. The first kappa shape index (κ1) is 46.7. The molecule has 0 spiro atoms. The van der Waals surface area contributed by atoms with Gasteiger partial charge in [-0.15, -0.1) is 0 Å². The predicted molar refractivity (Wildman–Crippen MR) is 270 cm³/mol. The highest BCUT2D eigenvalue weighted by molar-refractivity contribution is 8.03. The molecule has 0 bridgehead atoms. The number of fused-ring (bicyclic) bond motifs is 6. The molecule has 8 nitrogen and oxygen atoms in total. The number of benzene rings is 5. The summed E-state index contributed by atoms with van der Waals surface area (Å²) >= 11 is 1.81. The predicted octanol–water partition coefficient (Wildman–Crippen LogP) is 12.7. The average Bonchev–Trinajstić information content (AvgIpc) is 3.61. The molecule has 340 valence electrons. The summed E-state index contributed by atoms with van der Waals surface area (Å²) in [7, 11) is -8.11. The number of anilines is 1. The van der Waals surface area contributed by atoms with Crippen molar-refractivity contribution in [2.75, 3.05) is 29.5 Å². The largest absolute Gasteiger partial charge is 0.344 e. The zero-order valence-corrected chi connectivity index (χ0v) is 40.8. The van der Waals surface area contributed by atoms with Gasteiger partial charge in [-0.05, 0) is 127 Å².